The first-order chi connectivity index (χ1) is 9.83. The quantitative estimate of drug-likeness (QED) is 0.792. The van der Waals surface area contributed by atoms with Crippen molar-refractivity contribution in [1.82, 2.24) is 19.5 Å². The van der Waals surface area contributed by atoms with Crippen molar-refractivity contribution in [3.8, 4) is 0 Å². The van der Waals surface area contributed by atoms with E-state index in [1.54, 1.807) is 18.5 Å². The summed E-state index contributed by atoms with van der Waals surface area (Å²) in [7, 11) is -2.11. The van der Waals surface area contributed by atoms with Crippen LogP contribution in [-0.2, 0) is 23.5 Å². The van der Waals surface area contributed by atoms with Gasteiger partial charge in [-0.2, -0.15) is 0 Å². The number of aromatic nitrogens is 3. The number of hydrogen-bond donors (Lipinski definition) is 2. The Bertz CT molecular complexity index is 763. The van der Waals surface area contributed by atoms with Crippen LogP contribution in [0.5, 0.6) is 0 Å². The number of rotatable bonds is 6. The van der Waals surface area contributed by atoms with Crippen LogP contribution in [0.15, 0.2) is 16.6 Å². The monoisotopic (exact) mass is 330 g/mol. The lowest BCUT2D eigenvalue weighted by molar-refractivity contribution is 0.0698. The molecule has 2 aromatic rings. The Morgan fingerprint density at radius 3 is 2.81 bits per heavy atom. The Hall–Kier alpha value is -1.78. The summed E-state index contributed by atoms with van der Waals surface area (Å²) in [6.07, 6.45) is 1.89. The van der Waals surface area contributed by atoms with Crippen LogP contribution >= 0.6 is 11.3 Å². The summed E-state index contributed by atoms with van der Waals surface area (Å²) in [5, 5.41) is 18.1. The first kappa shape index (κ1) is 15.6. The lowest BCUT2D eigenvalue weighted by Gasteiger charge is -2.07. The van der Waals surface area contributed by atoms with E-state index in [2.05, 4.69) is 14.9 Å². The molecule has 0 aromatic carbocycles. The van der Waals surface area contributed by atoms with Crippen molar-refractivity contribution < 1.29 is 18.3 Å². The number of carboxylic acid groups (broad SMARTS) is 1. The van der Waals surface area contributed by atoms with Gasteiger partial charge in [-0.25, -0.2) is 17.9 Å². The number of carbonyl (C=O) groups is 1. The molecule has 0 bridgehead atoms. The van der Waals surface area contributed by atoms with Crippen LogP contribution in [0.4, 0.5) is 0 Å². The highest BCUT2D eigenvalue weighted by Gasteiger charge is 2.26. The van der Waals surface area contributed by atoms with Gasteiger partial charge in [0.05, 0.1) is 0 Å². The predicted octanol–water partition coefficient (Wildman–Crippen LogP) is 0.404. The lowest BCUT2D eigenvalue weighted by atomic mass is 10.3. The van der Waals surface area contributed by atoms with E-state index >= 15 is 0 Å². The smallest absolute Gasteiger partial charge is 0.347 e. The van der Waals surface area contributed by atoms with Crippen molar-refractivity contribution in [2.45, 2.75) is 18.2 Å². The van der Waals surface area contributed by atoms with Gasteiger partial charge in [0.15, 0.2) is 0 Å². The molecule has 0 radical (unpaired) electrons. The first-order valence-corrected chi connectivity index (χ1v) is 8.33. The second-order valence-corrected chi connectivity index (χ2v) is 6.97. The number of aromatic carboxylic acids is 1. The molecule has 0 aliphatic rings. The molecule has 114 valence electrons. The summed E-state index contributed by atoms with van der Waals surface area (Å²) < 4.78 is 28.6. The van der Waals surface area contributed by atoms with E-state index in [-0.39, 0.29) is 16.3 Å². The fourth-order valence-corrected chi connectivity index (χ4v) is 4.48. The van der Waals surface area contributed by atoms with Gasteiger partial charge in [0, 0.05) is 20.0 Å². The highest BCUT2D eigenvalue weighted by atomic mass is 32.2. The minimum atomic E-state index is -3.87. The Kier molecular flexibility index (Phi) is 4.40. The van der Waals surface area contributed by atoms with Gasteiger partial charge in [0.1, 0.15) is 21.9 Å². The summed E-state index contributed by atoms with van der Waals surface area (Å²) in [6.45, 7) is 1.68. The van der Waals surface area contributed by atoms with Crippen molar-refractivity contribution in [2.24, 2.45) is 7.05 Å². The summed E-state index contributed by atoms with van der Waals surface area (Å²) in [5.41, 5.74) is 0.420. The molecule has 0 saturated carbocycles. The number of hydrogen-bond acceptors (Lipinski definition) is 6. The summed E-state index contributed by atoms with van der Waals surface area (Å²) in [5.74, 6) is -0.611. The van der Waals surface area contributed by atoms with E-state index in [9.17, 15) is 13.2 Å². The molecule has 2 aromatic heterocycles. The summed E-state index contributed by atoms with van der Waals surface area (Å²) in [4.78, 5) is 10.7. The van der Waals surface area contributed by atoms with Crippen molar-refractivity contribution in [3.05, 3.63) is 28.0 Å². The molecule has 0 spiro atoms. The average Bonchev–Trinajstić information content (AvgIpc) is 2.96. The molecule has 0 atom stereocenters. The maximum absolute atomic E-state index is 12.2. The van der Waals surface area contributed by atoms with E-state index in [1.807, 2.05) is 0 Å². The third-order valence-corrected chi connectivity index (χ3v) is 5.69. The molecule has 0 unspecified atom stereocenters. The number of carboxylic acids is 1. The van der Waals surface area contributed by atoms with E-state index < -0.39 is 16.0 Å². The van der Waals surface area contributed by atoms with Crippen LogP contribution in [0.2, 0.25) is 0 Å². The van der Waals surface area contributed by atoms with Gasteiger partial charge in [-0.3, -0.25) is 0 Å². The van der Waals surface area contributed by atoms with E-state index in [0.717, 1.165) is 11.3 Å². The van der Waals surface area contributed by atoms with Gasteiger partial charge in [-0.15, -0.1) is 21.5 Å². The number of sulfonamides is 1. The van der Waals surface area contributed by atoms with Crippen LogP contribution in [0.1, 0.15) is 21.1 Å². The zero-order valence-corrected chi connectivity index (χ0v) is 13.0. The molecule has 0 aliphatic heterocycles. The van der Waals surface area contributed by atoms with Crippen molar-refractivity contribution in [2.75, 3.05) is 6.54 Å². The molecular formula is C11H14N4O4S2. The predicted molar refractivity (Wildman–Crippen MR) is 75.9 cm³/mol. The Morgan fingerprint density at radius 1 is 1.52 bits per heavy atom. The van der Waals surface area contributed by atoms with Crippen molar-refractivity contribution in [3.63, 3.8) is 0 Å². The molecule has 0 aliphatic carbocycles. The number of thiophene rings is 1. The second kappa shape index (κ2) is 5.92. The van der Waals surface area contributed by atoms with Crippen LogP contribution in [0, 0.1) is 6.92 Å². The fourth-order valence-electron chi connectivity index (χ4n) is 1.82. The van der Waals surface area contributed by atoms with Crippen molar-refractivity contribution in [1.29, 1.82) is 0 Å². The van der Waals surface area contributed by atoms with E-state index in [4.69, 9.17) is 5.11 Å². The van der Waals surface area contributed by atoms with Gasteiger partial charge in [0.2, 0.25) is 10.0 Å². The Labute approximate surface area is 125 Å². The van der Waals surface area contributed by atoms with Gasteiger partial charge in [-0.05, 0) is 17.9 Å². The molecule has 8 nitrogen and oxygen atoms in total. The van der Waals surface area contributed by atoms with Gasteiger partial charge in [-0.1, -0.05) is 0 Å². The van der Waals surface area contributed by atoms with Gasteiger partial charge >= 0.3 is 5.97 Å². The summed E-state index contributed by atoms with van der Waals surface area (Å²) in [6, 6.07) is 0. The van der Waals surface area contributed by atoms with E-state index in [0.29, 0.717) is 17.8 Å². The van der Waals surface area contributed by atoms with Crippen LogP contribution in [0.3, 0.4) is 0 Å². The third kappa shape index (κ3) is 3.28. The zero-order valence-electron chi connectivity index (χ0n) is 11.4. The first-order valence-electron chi connectivity index (χ1n) is 5.97. The molecule has 21 heavy (non-hydrogen) atoms. The lowest BCUT2D eigenvalue weighted by Crippen LogP contribution is -2.28. The fraction of sp³-hybridized carbons (Fsp3) is 0.364. The topological polar surface area (TPSA) is 114 Å². The maximum Gasteiger partial charge on any atom is 0.347 e. The Balaban J connectivity index is 2.14. The minimum absolute atomic E-state index is 0.114. The molecule has 2 rings (SSSR count). The number of nitrogens with one attached hydrogen (secondary N) is 1. The standard InChI is InChI=1S/C11H14N4O4S2/c1-7-5-20-9(11(16)17)10(7)21(18,19)13-4-3-8-14-12-6-15(8)2/h5-6,13H,3-4H2,1-2H3,(H,16,17). The SMILES string of the molecule is Cc1csc(C(=O)O)c1S(=O)(=O)NCCc1nncn1C. The molecule has 10 heteroatoms. The minimum Gasteiger partial charge on any atom is -0.477 e. The molecule has 0 amide bonds. The molecule has 2 heterocycles. The molecule has 2 N–H and O–H groups in total. The molecular weight excluding hydrogens is 316 g/mol. The van der Waals surface area contributed by atoms with Crippen LogP contribution in [0.25, 0.3) is 0 Å². The zero-order chi connectivity index (χ0) is 15.6. The van der Waals surface area contributed by atoms with Gasteiger partial charge in [0.25, 0.3) is 0 Å². The van der Waals surface area contributed by atoms with Crippen LogP contribution in [-0.4, -0.2) is 40.8 Å². The van der Waals surface area contributed by atoms with E-state index in [1.165, 1.54) is 11.7 Å². The Morgan fingerprint density at radius 2 is 2.24 bits per heavy atom. The molecule has 0 saturated heterocycles. The molecule has 0 fully saturated rings. The van der Waals surface area contributed by atoms with Gasteiger partial charge < -0.3 is 9.67 Å². The van der Waals surface area contributed by atoms with Crippen molar-refractivity contribution >= 4 is 27.3 Å². The number of nitrogens with zero attached hydrogens (tertiary/aromatic N) is 3. The normalized spacial score (nSPS) is 11.7. The largest absolute Gasteiger partial charge is 0.477 e. The highest BCUT2D eigenvalue weighted by molar-refractivity contribution is 7.89. The summed E-state index contributed by atoms with van der Waals surface area (Å²) >= 11 is 0.900. The average molecular weight is 330 g/mol. The van der Waals surface area contributed by atoms with Crippen LogP contribution < -0.4 is 4.72 Å². The second-order valence-electron chi connectivity index (χ2n) is 4.39. The maximum atomic E-state index is 12.2. The third-order valence-electron chi connectivity index (χ3n) is 2.83. The highest BCUT2D eigenvalue weighted by Crippen LogP contribution is 2.26. The number of aryl methyl sites for hydroxylation is 2.